The second-order valence-electron chi connectivity index (χ2n) is 6.46. The van der Waals surface area contributed by atoms with Gasteiger partial charge in [-0.1, -0.05) is 29.0 Å². The van der Waals surface area contributed by atoms with Gasteiger partial charge < -0.3 is 9.15 Å². The molecular formula is C21H18ClN3O3S. The van der Waals surface area contributed by atoms with Gasteiger partial charge in [0, 0.05) is 6.20 Å². The molecule has 4 rings (SSSR count). The number of thiazole rings is 1. The second kappa shape index (κ2) is 7.85. The summed E-state index contributed by atoms with van der Waals surface area (Å²) in [5, 5.41) is 1.07. The van der Waals surface area contributed by atoms with Crippen LogP contribution in [0, 0.1) is 13.8 Å². The molecular weight excluding hydrogens is 410 g/mol. The Morgan fingerprint density at radius 1 is 1.28 bits per heavy atom. The highest BCUT2D eigenvalue weighted by Crippen LogP contribution is 2.39. The molecule has 0 spiro atoms. The van der Waals surface area contributed by atoms with Gasteiger partial charge in [-0.2, -0.15) is 0 Å². The topological polar surface area (TPSA) is 68.5 Å². The van der Waals surface area contributed by atoms with Gasteiger partial charge in [-0.05, 0) is 44.2 Å². The molecule has 29 heavy (non-hydrogen) atoms. The van der Waals surface area contributed by atoms with E-state index in [1.807, 2.05) is 25.1 Å². The van der Waals surface area contributed by atoms with Crippen LogP contribution in [0.3, 0.4) is 0 Å². The molecule has 0 unspecified atom stereocenters. The van der Waals surface area contributed by atoms with Crippen LogP contribution in [0.2, 0.25) is 5.02 Å². The zero-order valence-electron chi connectivity index (χ0n) is 16.1. The van der Waals surface area contributed by atoms with E-state index >= 15 is 0 Å². The van der Waals surface area contributed by atoms with Crippen LogP contribution >= 0.6 is 22.9 Å². The Bertz CT molecular complexity index is 1190. The Balaban J connectivity index is 1.84. The third-order valence-electron chi connectivity index (χ3n) is 4.46. The maximum absolute atomic E-state index is 13.4. The average Bonchev–Trinajstić information content (AvgIpc) is 3.30. The number of fused-ring (bicyclic) bond motifs is 1. The van der Waals surface area contributed by atoms with E-state index in [9.17, 15) is 4.79 Å². The van der Waals surface area contributed by atoms with Gasteiger partial charge in [0.25, 0.3) is 5.91 Å². The molecule has 6 nitrogen and oxygen atoms in total. The molecule has 0 atom stereocenters. The first-order valence-electron chi connectivity index (χ1n) is 8.89. The molecule has 1 aromatic carbocycles. The summed E-state index contributed by atoms with van der Waals surface area (Å²) in [7, 11) is 1.58. The van der Waals surface area contributed by atoms with Crippen LogP contribution in [0.5, 0.6) is 5.75 Å². The number of rotatable bonds is 5. The highest BCUT2D eigenvalue weighted by molar-refractivity contribution is 7.23. The molecule has 0 bridgehead atoms. The van der Waals surface area contributed by atoms with Gasteiger partial charge in [0.05, 0.1) is 34.6 Å². The van der Waals surface area contributed by atoms with Crippen molar-refractivity contribution in [2.24, 2.45) is 0 Å². The number of nitrogens with zero attached hydrogens (tertiary/aromatic N) is 3. The van der Waals surface area contributed by atoms with Crippen molar-refractivity contribution < 1.29 is 13.9 Å². The third-order valence-corrected chi connectivity index (χ3v) is 6.00. The van der Waals surface area contributed by atoms with E-state index in [1.165, 1.54) is 11.3 Å². The molecule has 4 aromatic rings. The number of carbonyl (C=O) groups excluding carboxylic acids is 1. The number of pyridine rings is 1. The molecule has 0 saturated carbocycles. The summed E-state index contributed by atoms with van der Waals surface area (Å²) in [6.45, 7) is 3.86. The highest BCUT2D eigenvalue weighted by atomic mass is 35.5. The smallest absolute Gasteiger partial charge is 0.263 e. The van der Waals surface area contributed by atoms with Crippen LogP contribution < -0.4 is 9.64 Å². The monoisotopic (exact) mass is 427 g/mol. The minimum atomic E-state index is -0.209. The van der Waals surface area contributed by atoms with Crippen molar-refractivity contribution in [3.05, 3.63) is 70.4 Å². The number of methoxy groups -OCH3 is 1. The summed E-state index contributed by atoms with van der Waals surface area (Å²) in [6.07, 6.45) is 1.70. The molecule has 0 aliphatic carbocycles. The summed E-state index contributed by atoms with van der Waals surface area (Å²) < 4.78 is 11.7. The van der Waals surface area contributed by atoms with Gasteiger partial charge in [0.15, 0.2) is 5.13 Å². The van der Waals surface area contributed by atoms with E-state index in [-0.39, 0.29) is 12.5 Å². The van der Waals surface area contributed by atoms with Crippen LogP contribution in [-0.2, 0) is 6.54 Å². The van der Waals surface area contributed by atoms with E-state index in [2.05, 4.69) is 9.97 Å². The fourth-order valence-corrected chi connectivity index (χ4v) is 4.34. The van der Waals surface area contributed by atoms with Gasteiger partial charge in [-0.15, -0.1) is 0 Å². The quantitative estimate of drug-likeness (QED) is 0.426. The van der Waals surface area contributed by atoms with Crippen LogP contribution in [0.4, 0.5) is 5.13 Å². The summed E-state index contributed by atoms with van der Waals surface area (Å²) in [4.78, 5) is 24.1. The molecule has 1 amide bonds. The van der Waals surface area contributed by atoms with Crippen molar-refractivity contribution in [2.75, 3.05) is 12.0 Å². The minimum Gasteiger partial charge on any atom is -0.494 e. The van der Waals surface area contributed by atoms with Gasteiger partial charge in [0.1, 0.15) is 22.8 Å². The third kappa shape index (κ3) is 3.71. The van der Waals surface area contributed by atoms with Crippen LogP contribution in [0.1, 0.15) is 27.6 Å². The zero-order chi connectivity index (χ0) is 20.5. The number of hydrogen-bond acceptors (Lipinski definition) is 6. The molecule has 3 heterocycles. The van der Waals surface area contributed by atoms with Gasteiger partial charge in [-0.25, -0.2) is 4.98 Å². The number of halogens is 1. The normalized spacial score (nSPS) is 11.0. The zero-order valence-corrected chi connectivity index (χ0v) is 17.7. The molecule has 0 aliphatic rings. The number of benzene rings is 1. The lowest BCUT2D eigenvalue weighted by Gasteiger charge is -2.19. The van der Waals surface area contributed by atoms with Crippen molar-refractivity contribution in [1.82, 2.24) is 9.97 Å². The maximum atomic E-state index is 13.4. The number of aryl methyl sites for hydroxylation is 2. The first-order chi connectivity index (χ1) is 14.0. The average molecular weight is 428 g/mol. The number of ether oxygens (including phenoxy) is 1. The van der Waals surface area contributed by atoms with Gasteiger partial charge in [-0.3, -0.25) is 14.7 Å². The number of aromatic nitrogens is 2. The molecule has 3 aromatic heterocycles. The van der Waals surface area contributed by atoms with E-state index in [0.29, 0.717) is 38.5 Å². The Kier molecular flexibility index (Phi) is 5.25. The number of furan rings is 1. The maximum Gasteiger partial charge on any atom is 0.263 e. The van der Waals surface area contributed by atoms with Crippen LogP contribution in [-0.4, -0.2) is 23.0 Å². The molecule has 0 radical (unpaired) electrons. The van der Waals surface area contributed by atoms with Crippen molar-refractivity contribution in [1.29, 1.82) is 0 Å². The summed E-state index contributed by atoms with van der Waals surface area (Å²) in [5.41, 5.74) is 1.87. The Morgan fingerprint density at radius 3 is 2.76 bits per heavy atom. The first-order valence-corrected chi connectivity index (χ1v) is 10.1. The van der Waals surface area contributed by atoms with Crippen molar-refractivity contribution in [3.8, 4) is 5.75 Å². The Hall–Kier alpha value is -2.90. The molecule has 0 N–H and O–H groups in total. The van der Waals surface area contributed by atoms with Crippen molar-refractivity contribution >= 4 is 44.2 Å². The van der Waals surface area contributed by atoms with E-state index in [1.54, 1.807) is 43.3 Å². The molecule has 148 valence electrons. The number of amides is 1. The van der Waals surface area contributed by atoms with E-state index in [0.717, 1.165) is 10.4 Å². The predicted molar refractivity (Wildman–Crippen MR) is 114 cm³/mol. The fraction of sp³-hybridized carbons (Fsp3) is 0.190. The lowest BCUT2D eigenvalue weighted by Crippen LogP contribution is -2.30. The first kappa shape index (κ1) is 19.4. The van der Waals surface area contributed by atoms with Crippen molar-refractivity contribution in [3.63, 3.8) is 0 Å². The predicted octanol–water partition coefficient (Wildman–Crippen LogP) is 5.41. The van der Waals surface area contributed by atoms with E-state index in [4.69, 9.17) is 20.8 Å². The summed E-state index contributed by atoms with van der Waals surface area (Å²) in [5.74, 6) is 1.64. The molecule has 0 saturated heterocycles. The molecule has 8 heteroatoms. The number of anilines is 1. The van der Waals surface area contributed by atoms with Crippen molar-refractivity contribution in [2.45, 2.75) is 20.4 Å². The highest BCUT2D eigenvalue weighted by Gasteiger charge is 2.26. The van der Waals surface area contributed by atoms with E-state index < -0.39 is 0 Å². The standard InChI is InChI=1S/C21H18ClN3O3S/c1-12-10-15(13(2)28-12)20(26)25(11-14-6-4-5-9-23-14)21-24-18-17(27-3)8-7-16(22)19(18)29-21/h4-10H,11H2,1-3H3. The number of carbonyl (C=O) groups is 1. The second-order valence-corrected chi connectivity index (χ2v) is 7.85. The number of hydrogen-bond donors (Lipinski definition) is 0. The van der Waals surface area contributed by atoms with Gasteiger partial charge >= 0.3 is 0 Å². The SMILES string of the molecule is COc1ccc(Cl)c2sc(N(Cc3ccccn3)C(=O)c3cc(C)oc3C)nc12. The lowest BCUT2D eigenvalue weighted by atomic mass is 10.2. The van der Waals surface area contributed by atoms with Crippen LogP contribution in [0.25, 0.3) is 10.2 Å². The summed E-state index contributed by atoms with van der Waals surface area (Å²) >= 11 is 7.71. The minimum absolute atomic E-state index is 0.209. The Morgan fingerprint density at radius 2 is 2.10 bits per heavy atom. The Labute approximate surface area is 176 Å². The van der Waals surface area contributed by atoms with Gasteiger partial charge in [0.2, 0.25) is 0 Å². The lowest BCUT2D eigenvalue weighted by molar-refractivity contribution is 0.0983. The largest absolute Gasteiger partial charge is 0.494 e. The molecule has 0 fully saturated rings. The van der Waals surface area contributed by atoms with Crippen LogP contribution in [0.15, 0.2) is 47.0 Å². The molecule has 0 aliphatic heterocycles. The summed E-state index contributed by atoms with van der Waals surface area (Å²) in [6, 6.07) is 10.9. The fourth-order valence-electron chi connectivity index (χ4n) is 3.09.